The molecule has 1 aromatic rings. The molecule has 11 heteroatoms. The maximum absolute atomic E-state index is 12.5. The summed E-state index contributed by atoms with van der Waals surface area (Å²) in [5.74, 6) is -0.669. The highest BCUT2D eigenvalue weighted by Crippen LogP contribution is 2.20. The molecule has 0 aromatic heterocycles. The van der Waals surface area contributed by atoms with E-state index in [1.54, 1.807) is 4.90 Å². The first kappa shape index (κ1) is 22.3. The Balaban J connectivity index is 2.22. The van der Waals surface area contributed by atoms with E-state index in [1.807, 2.05) is 25.1 Å². The molecule has 0 saturated carbocycles. The molecule has 156 valence electrons. The molecule has 0 radical (unpaired) electrons. The maximum Gasteiger partial charge on any atom is 0.271 e. The molecule has 1 aliphatic rings. The van der Waals surface area contributed by atoms with Crippen LogP contribution < -0.4 is 5.32 Å². The number of anilines is 1. The summed E-state index contributed by atoms with van der Waals surface area (Å²) in [4.78, 5) is 26.4. The lowest BCUT2D eigenvalue weighted by Crippen LogP contribution is -2.37. The molecule has 2 rings (SSSR count). The molecule has 1 aliphatic heterocycles. The zero-order valence-electron chi connectivity index (χ0n) is 16.2. The monoisotopic (exact) mass is 421 g/mol. The maximum atomic E-state index is 12.5. The van der Waals surface area contributed by atoms with Gasteiger partial charge in [-0.15, -0.1) is 0 Å². The molecule has 1 amide bonds. The van der Waals surface area contributed by atoms with Gasteiger partial charge in [-0.2, -0.15) is 5.26 Å². The molecule has 1 aromatic carbocycles. The van der Waals surface area contributed by atoms with Crippen LogP contribution in [0.1, 0.15) is 6.42 Å². The molecule has 1 N–H and O–H groups in total. The first-order valence-electron chi connectivity index (χ1n) is 8.90. The Hall–Kier alpha value is -2.97. The summed E-state index contributed by atoms with van der Waals surface area (Å²) in [5.41, 5.74) is -0.206. The summed E-state index contributed by atoms with van der Waals surface area (Å²) >= 11 is 0. The van der Waals surface area contributed by atoms with Crippen LogP contribution in [-0.4, -0.2) is 73.8 Å². The minimum Gasteiger partial charge on any atom is -0.371 e. The van der Waals surface area contributed by atoms with E-state index in [2.05, 4.69) is 5.32 Å². The van der Waals surface area contributed by atoms with Crippen molar-refractivity contribution in [3.63, 3.8) is 0 Å². The summed E-state index contributed by atoms with van der Waals surface area (Å²) in [6.45, 7) is 1.06. The van der Waals surface area contributed by atoms with Crippen LogP contribution in [0.2, 0.25) is 0 Å². The SMILES string of the molecule is CN(C)CCN(/C=C(/C#N)C(=O)Nc1cccc([N+](=O)[O-])c1)C1CCS(=O)(=O)C1. The zero-order valence-corrected chi connectivity index (χ0v) is 17.1. The number of hydrogen-bond donors (Lipinski definition) is 1. The van der Waals surface area contributed by atoms with Gasteiger partial charge in [0, 0.05) is 43.2 Å². The van der Waals surface area contributed by atoms with Crippen LogP contribution in [0.4, 0.5) is 11.4 Å². The van der Waals surface area contributed by atoms with Crippen molar-refractivity contribution in [2.75, 3.05) is 44.0 Å². The van der Waals surface area contributed by atoms with Gasteiger partial charge in [-0.25, -0.2) is 8.42 Å². The molecule has 10 nitrogen and oxygen atoms in total. The minimum absolute atomic E-state index is 0.0257. The first-order valence-corrected chi connectivity index (χ1v) is 10.7. The van der Waals surface area contributed by atoms with E-state index < -0.39 is 20.7 Å². The molecule has 1 fully saturated rings. The topological polar surface area (TPSA) is 137 Å². The van der Waals surface area contributed by atoms with Crippen LogP contribution in [0.15, 0.2) is 36.0 Å². The van der Waals surface area contributed by atoms with Crippen molar-refractivity contribution in [1.82, 2.24) is 9.80 Å². The molecular formula is C18H23N5O5S. The lowest BCUT2D eigenvalue weighted by molar-refractivity contribution is -0.384. The van der Waals surface area contributed by atoms with Crippen molar-refractivity contribution in [3.8, 4) is 6.07 Å². The predicted octanol–water partition coefficient (Wildman–Crippen LogP) is 0.991. The number of likely N-dealkylation sites (N-methyl/N-ethyl adjacent to an activating group) is 1. The van der Waals surface area contributed by atoms with Gasteiger partial charge < -0.3 is 15.1 Å². The number of nitrogens with zero attached hydrogens (tertiary/aromatic N) is 4. The lowest BCUT2D eigenvalue weighted by Gasteiger charge is -2.28. The number of nitro benzene ring substituents is 1. The van der Waals surface area contributed by atoms with E-state index in [-0.39, 0.29) is 34.5 Å². The van der Waals surface area contributed by atoms with Gasteiger partial charge in [-0.05, 0) is 26.6 Å². The number of sulfone groups is 1. The number of nitrogens with one attached hydrogen (secondary N) is 1. The van der Waals surface area contributed by atoms with Crippen LogP contribution in [0.3, 0.4) is 0 Å². The van der Waals surface area contributed by atoms with Crippen LogP contribution >= 0.6 is 0 Å². The van der Waals surface area contributed by atoms with Gasteiger partial charge in [0.05, 0.1) is 16.4 Å². The second-order valence-corrected chi connectivity index (χ2v) is 9.24. The highest BCUT2D eigenvalue weighted by atomic mass is 32.2. The van der Waals surface area contributed by atoms with Crippen molar-refractivity contribution < 1.29 is 18.1 Å². The number of carbonyl (C=O) groups is 1. The molecule has 0 spiro atoms. The molecule has 29 heavy (non-hydrogen) atoms. The number of non-ortho nitro benzene ring substituents is 1. The summed E-state index contributed by atoms with van der Waals surface area (Å²) < 4.78 is 23.7. The largest absolute Gasteiger partial charge is 0.371 e. The third-order valence-corrected chi connectivity index (χ3v) is 6.21. The number of carbonyl (C=O) groups excluding carboxylic acids is 1. The van der Waals surface area contributed by atoms with Gasteiger partial charge in [0.15, 0.2) is 9.84 Å². The number of rotatable bonds is 8. The summed E-state index contributed by atoms with van der Waals surface area (Å²) in [5, 5.41) is 22.8. The zero-order chi connectivity index (χ0) is 21.6. The summed E-state index contributed by atoms with van der Waals surface area (Å²) in [6.07, 6.45) is 1.80. The van der Waals surface area contributed by atoms with E-state index in [4.69, 9.17) is 0 Å². The van der Waals surface area contributed by atoms with Crippen molar-refractivity contribution >= 4 is 27.1 Å². The molecule has 1 atom stereocenters. The Bertz CT molecular complexity index is 952. The second kappa shape index (κ2) is 9.49. The fraction of sp³-hybridized carbons (Fsp3) is 0.444. The Morgan fingerprint density at radius 2 is 2.14 bits per heavy atom. The standard InChI is InChI=1S/C18H23N5O5S/c1-21(2)7-8-22(17-6-9-29(27,28)13-17)12-14(11-19)18(24)20-15-4-3-5-16(10-15)23(25)26/h3-5,10,12,17H,6-9,13H2,1-2H3,(H,20,24)/b14-12-. The third kappa shape index (κ3) is 6.55. The number of hydrogen-bond acceptors (Lipinski definition) is 8. The Kier molecular flexibility index (Phi) is 7.30. The average Bonchev–Trinajstić information content (AvgIpc) is 3.01. The van der Waals surface area contributed by atoms with Crippen molar-refractivity contribution in [2.45, 2.75) is 12.5 Å². The van der Waals surface area contributed by atoms with E-state index in [9.17, 15) is 28.6 Å². The highest BCUT2D eigenvalue weighted by Gasteiger charge is 2.31. The van der Waals surface area contributed by atoms with E-state index >= 15 is 0 Å². The second-order valence-electron chi connectivity index (χ2n) is 7.01. The van der Waals surface area contributed by atoms with Gasteiger partial charge >= 0.3 is 0 Å². The fourth-order valence-electron chi connectivity index (χ4n) is 2.90. The molecule has 1 saturated heterocycles. The van der Waals surface area contributed by atoms with E-state index in [1.165, 1.54) is 30.5 Å². The first-order chi connectivity index (χ1) is 13.6. The van der Waals surface area contributed by atoms with Crippen molar-refractivity contribution in [1.29, 1.82) is 5.26 Å². The average molecular weight is 421 g/mol. The Morgan fingerprint density at radius 3 is 2.69 bits per heavy atom. The molecular weight excluding hydrogens is 398 g/mol. The third-order valence-electron chi connectivity index (χ3n) is 4.46. The van der Waals surface area contributed by atoms with E-state index in [0.717, 1.165) is 0 Å². The molecule has 1 heterocycles. The van der Waals surface area contributed by atoms with Gasteiger partial charge in [0.25, 0.3) is 11.6 Å². The predicted molar refractivity (Wildman–Crippen MR) is 108 cm³/mol. The van der Waals surface area contributed by atoms with E-state index in [0.29, 0.717) is 19.5 Å². The number of benzene rings is 1. The quantitative estimate of drug-likeness (QED) is 0.284. The number of amides is 1. The summed E-state index contributed by atoms with van der Waals surface area (Å²) in [6, 6.07) is 6.91. The van der Waals surface area contributed by atoms with Gasteiger partial charge in [-0.1, -0.05) is 6.07 Å². The van der Waals surface area contributed by atoms with Crippen LogP contribution in [0.5, 0.6) is 0 Å². The van der Waals surface area contributed by atoms with Crippen LogP contribution in [-0.2, 0) is 14.6 Å². The molecule has 0 bridgehead atoms. The lowest BCUT2D eigenvalue weighted by atomic mass is 10.2. The fourth-order valence-corrected chi connectivity index (χ4v) is 4.65. The number of nitro groups is 1. The minimum atomic E-state index is -3.14. The normalized spacial score (nSPS) is 18.3. The highest BCUT2D eigenvalue weighted by molar-refractivity contribution is 7.91. The van der Waals surface area contributed by atoms with Gasteiger partial charge in [0.1, 0.15) is 11.6 Å². The van der Waals surface area contributed by atoms with Crippen molar-refractivity contribution in [2.24, 2.45) is 0 Å². The Labute approximate surface area is 169 Å². The summed E-state index contributed by atoms with van der Waals surface area (Å²) in [7, 11) is 0.602. The molecule has 0 aliphatic carbocycles. The molecule has 1 unspecified atom stereocenters. The van der Waals surface area contributed by atoms with Gasteiger partial charge in [0.2, 0.25) is 0 Å². The van der Waals surface area contributed by atoms with Crippen molar-refractivity contribution in [3.05, 3.63) is 46.2 Å². The number of nitriles is 1. The van der Waals surface area contributed by atoms with Crippen LogP contribution in [0, 0.1) is 21.4 Å². The van der Waals surface area contributed by atoms with Crippen LogP contribution in [0.25, 0.3) is 0 Å². The smallest absolute Gasteiger partial charge is 0.271 e. The van der Waals surface area contributed by atoms with Gasteiger partial charge in [-0.3, -0.25) is 14.9 Å². The Morgan fingerprint density at radius 1 is 1.41 bits per heavy atom.